The van der Waals surface area contributed by atoms with Crippen molar-refractivity contribution in [1.29, 1.82) is 0 Å². The zero-order valence-electron chi connectivity index (χ0n) is 27.4. The fourth-order valence-electron chi connectivity index (χ4n) is 3.96. The van der Waals surface area contributed by atoms with Gasteiger partial charge >= 0.3 is 37.0 Å². The van der Waals surface area contributed by atoms with Gasteiger partial charge in [0, 0.05) is 15.6 Å². The summed E-state index contributed by atoms with van der Waals surface area (Å²) in [5.74, 6) is -14.6. The average Bonchev–Trinajstić information content (AvgIpc) is 3.03. The fraction of sp³-hybridized carbons (Fsp3) is 0.212. The molecule has 0 spiro atoms. The Morgan fingerprint density at radius 3 is 1.31 bits per heavy atom. The molecule has 0 amide bonds. The van der Waals surface area contributed by atoms with E-state index in [1.54, 1.807) is 0 Å². The number of carboxylic acid groups (broad SMARTS) is 2. The molecule has 0 fully saturated rings. The molecule has 320 valence electrons. The summed E-state index contributed by atoms with van der Waals surface area (Å²) in [7, 11) is 0. The molecule has 0 heterocycles. The first-order valence-electron chi connectivity index (χ1n) is 14.2. The van der Waals surface area contributed by atoms with Crippen LogP contribution in [0.2, 0.25) is 0 Å². The Morgan fingerprint density at radius 1 is 0.534 bits per heavy atom. The van der Waals surface area contributed by atoms with Crippen molar-refractivity contribution < 1.29 is 109 Å². The zero-order valence-corrected chi connectivity index (χ0v) is 29.0. The Labute approximate surface area is 321 Å². The van der Waals surface area contributed by atoms with Crippen LogP contribution >= 0.6 is 15.9 Å². The van der Waals surface area contributed by atoms with E-state index in [4.69, 9.17) is 20.1 Å². The van der Waals surface area contributed by atoms with Crippen LogP contribution in [-0.4, -0.2) is 40.0 Å². The minimum atomic E-state index is -5.19. The fourth-order valence-corrected chi connectivity index (χ4v) is 4.43. The number of hydrogen-bond acceptors (Lipinski definition) is 6. The molecule has 0 bridgehead atoms. The molecule has 3 N–H and O–H groups in total. The van der Waals surface area contributed by atoms with E-state index in [0.717, 1.165) is 32.0 Å². The summed E-state index contributed by atoms with van der Waals surface area (Å²) in [6.07, 6.45) is -20.2. The molecule has 58 heavy (non-hydrogen) atoms. The van der Waals surface area contributed by atoms with Crippen LogP contribution in [-0.2, 0) is 12.4 Å². The number of carbonyl (C=O) groups is 2. The van der Waals surface area contributed by atoms with Gasteiger partial charge < -0.3 is 29.5 Å². The molecule has 4 rings (SSSR count). The molecule has 4 aromatic rings. The van der Waals surface area contributed by atoms with Crippen LogP contribution in [0.25, 0.3) is 0 Å². The van der Waals surface area contributed by atoms with E-state index in [-0.39, 0.29) is 23.5 Å². The number of aromatic carboxylic acids is 2. The third-order valence-electron chi connectivity index (χ3n) is 6.53. The molecule has 4 aromatic carbocycles. The molecule has 0 aromatic heterocycles. The zero-order chi connectivity index (χ0) is 44.2. The normalized spacial score (nSPS) is 11.6. The van der Waals surface area contributed by atoms with Crippen molar-refractivity contribution in [2.24, 2.45) is 0 Å². The predicted octanol–water partition coefficient (Wildman–Crippen LogP) is 12.4. The van der Waals surface area contributed by atoms with Gasteiger partial charge in [0.25, 0.3) is 0 Å². The van der Waals surface area contributed by atoms with E-state index < -0.39 is 117 Å². The second-order valence-corrected chi connectivity index (χ2v) is 11.3. The molecule has 0 aliphatic rings. The number of hydrogen-bond donors (Lipinski definition) is 3. The number of aromatic hydroxyl groups is 1. The van der Waals surface area contributed by atoms with E-state index in [2.05, 4.69) is 25.4 Å². The van der Waals surface area contributed by atoms with Gasteiger partial charge in [-0.15, -0.1) is 26.3 Å². The second-order valence-electron chi connectivity index (χ2n) is 10.4. The maximum atomic E-state index is 14.0. The second kappa shape index (κ2) is 18.8. The highest BCUT2D eigenvalue weighted by atomic mass is 79.9. The molecule has 0 atom stereocenters. The average molecular weight is 929 g/mol. The predicted molar refractivity (Wildman–Crippen MR) is 169 cm³/mol. The van der Waals surface area contributed by atoms with Gasteiger partial charge in [-0.25, -0.2) is 27.2 Å². The van der Waals surface area contributed by atoms with Gasteiger partial charge in [-0.05, 0) is 78.3 Å². The highest BCUT2D eigenvalue weighted by Crippen LogP contribution is 2.40. The van der Waals surface area contributed by atoms with Crippen molar-refractivity contribution in [3.63, 3.8) is 0 Å². The lowest BCUT2D eigenvalue weighted by Gasteiger charge is -2.16. The minimum Gasteiger partial charge on any atom is -0.508 e. The van der Waals surface area contributed by atoms with Gasteiger partial charge in [-0.2, -0.15) is 26.3 Å². The van der Waals surface area contributed by atoms with Crippen LogP contribution < -0.4 is 14.2 Å². The lowest BCUT2D eigenvalue weighted by molar-refractivity contribution is -0.276. The molecular weight excluding hydrogens is 908 g/mol. The summed E-state index contributed by atoms with van der Waals surface area (Å²) in [4.78, 5) is 21.7. The molecule has 0 aliphatic heterocycles. The van der Waals surface area contributed by atoms with E-state index in [9.17, 15) is 79.8 Å². The maximum Gasteiger partial charge on any atom is 0.573 e. The number of benzene rings is 4. The van der Waals surface area contributed by atoms with E-state index >= 15 is 0 Å². The first-order valence-corrected chi connectivity index (χ1v) is 15.0. The molecule has 0 saturated carbocycles. The van der Waals surface area contributed by atoms with Crippen LogP contribution in [0.15, 0.2) is 53.0 Å². The molecular formula is C33H21BrF16O8. The quantitative estimate of drug-likeness (QED) is 0.163. The van der Waals surface area contributed by atoms with E-state index in [0.29, 0.717) is 24.3 Å². The molecule has 0 radical (unpaired) electrons. The van der Waals surface area contributed by atoms with Gasteiger partial charge in [0.15, 0.2) is 34.8 Å². The van der Waals surface area contributed by atoms with Crippen molar-refractivity contribution in [2.75, 3.05) is 0 Å². The number of rotatable bonds is 6. The van der Waals surface area contributed by atoms with Gasteiger partial charge in [0.2, 0.25) is 0 Å². The molecule has 0 unspecified atom stereocenters. The van der Waals surface area contributed by atoms with Crippen molar-refractivity contribution >= 4 is 27.9 Å². The van der Waals surface area contributed by atoms with Crippen LogP contribution in [0.5, 0.6) is 28.7 Å². The maximum absolute atomic E-state index is 14.0. The summed E-state index contributed by atoms with van der Waals surface area (Å²) in [5, 5.41) is 26.4. The third-order valence-corrected chi connectivity index (χ3v) is 7.19. The lowest BCUT2D eigenvalue weighted by Crippen LogP contribution is -2.18. The number of carboxylic acids is 2. The summed E-state index contributed by atoms with van der Waals surface area (Å²) in [5.41, 5.74) is -6.84. The summed E-state index contributed by atoms with van der Waals surface area (Å²) < 4.78 is 212. The topological polar surface area (TPSA) is 123 Å². The minimum absolute atomic E-state index is 0. The van der Waals surface area contributed by atoms with Crippen LogP contribution in [0.4, 0.5) is 70.2 Å². The standard InChI is InChI=1S/C16H8F8O4.C8H3BrF4O2.C8H6F4O2.CH4/c1-6-8(4-5-10(12(6)17)28-16(22,23)24)27-9-3-2-7(15(19,20)21)13(18)11(9)14(25)26;9-4-2-1-3(8(11,12)13)6(10)5(4)7(14)15;1-4-5(13)2-3-6(7(4)9)14-8(10,11)12;/h2-5H,1H3,(H,25,26);1-2H,(H,14,15);2-3,13H,1H3;1H4. The highest BCUT2D eigenvalue weighted by molar-refractivity contribution is 9.10. The third kappa shape index (κ3) is 13.2. The molecule has 0 saturated heterocycles. The van der Waals surface area contributed by atoms with Gasteiger partial charge in [0.1, 0.15) is 28.4 Å². The molecule has 0 aliphatic carbocycles. The molecule has 8 nitrogen and oxygen atoms in total. The first kappa shape index (κ1) is 50.4. The Kier molecular flexibility index (Phi) is 16.3. The van der Waals surface area contributed by atoms with E-state index in [1.165, 1.54) is 0 Å². The van der Waals surface area contributed by atoms with Crippen molar-refractivity contribution in [3.05, 3.63) is 110 Å². The first-order chi connectivity index (χ1) is 25.8. The lowest BCUT2D eigenvalue weighted by atomic mass is 10.1. The Balaban J connectivity index is 0.000000474. The smallest absolute Gasteiger partial charge is 0.508 e. The summed E-state index contributed by atoms with van der Waals surface area (Å²) in [6, 6.07) is 4.93. The number of phenols is 1. The van der Waals surface area contributed by atoms with Gasteiger partial charge in [-0.1, -0.05) is 7.43 Å². The van der Waals surface area contributed by atoms with Crippen molar-refractivity contribution in [2.45, 2.75) is 46.4 Å². The number of phenolic OH excluding ortho intramolecular Hbond substituents is 1. The number of halogens is 17. The monoisotopic (exact) mass is 928 g/mol. The SMILES string of the molecule is C.Cc1c(O)ccc(OC(F)(F)F)c1F.Cc1c(Oc2ccc(C(F)(F)F)c(F)c2C(=O)O)ccc(OC(F)(F)F)c1F.O=C(O)c1c(Br)ccc(C(F)(F)F)c1F. The van der Waals surface area contributed by atoms with E-state index in [1.807, 2.05) is 0 Å². The number of ether oxygens (including phenoxy) is 3. The Bertz CT molecular complexity index is 2130. The highest BCUT2D eigenvalue weighted by Gasteiger charge is 2.39. The van der Waals surface area contributed by atoms with Crippen molar-refractivity contribution in [1.82, 2.24) is 0 Å². The van der Waals surface area contributed by atoms with Gasteiger partial charge in [0.05, 0.1) is 11.1 Å². The largest absolute Gasteiger partial charge is 0.573 e. The Hall–Kier alpha value is -5.62. The molecule has 25 heteroatoms. The van der Waals surface area contributed by atoms with Crippen LogP contribution in [0.1, 0.15) is 50.4 Å². The summed E-state index contributed by atoms with van der Waals surface area (Å²) in [6.45, 7) is 2.09. The Morgan fingerprint density at radius 2 is 0.897 bits per heavy atom. The number of alkyl halides is 12. The van der Waals surface area contributed by atoms with Crippen LogP contribution in [0, 0.1) is 37.1 Å². The van der Waals surface area contributed by atoms with Crippen molar-refractivity contribution in [3.8, 4) is 28.7 Å². The van der Waals surface area contributed by atoms with Gasteiger partial charge in [-0.3, -0.25) is 0 Å². The van der Waals surface area contributed by atoms with Crippen LogP contribution in [0.3, 0.4) is 0 Å². The summed E-state index contributed by atoms with van der Waals surface area (Å²) >= 11 is 2.66.